The average molecular weight is 602 g/mol. The number of ketones is 1. The van der Waals surface area contributed by atoms with Crippen LogP contribution in [0.5, 0.6) is 5.75 Å². The normalized spacial score (nSPS) is 18.7. The minimum absolute atomic E-state index is 0.104. The summed E-state index contributed by atoms with van der Waals surface area (Å²) in [6.45, 7) is 10.2. The van der Waals surface area contributed by atoms with Crippen molar-refractivity contribution in [3.05, 3.63) is 54.3 Å². The topological polar surface area (TPSA) is 123 Å². The number of primary amides is 1. The molecule has 1 aliphatic rings. The van der Waals surface area contributed by atoms with Gasteiger partial charge in [0.2, 0.25) is 5.91 Å². The van der Waals surface area contributed by atoms with Crippen molar-refractivity contribution in [3.63, 3.8) is 0 Å². The molecule has 8 heteroatoms. The molecule has 1 aliphatic carbocycles. The number of aliphatic imine (C=N–C) groups is 1. The van der Waals surface area contributed by atoms with E-state index in [0.717, 1.165) is 97.2 Å². The first-order chi connectivity index (χ1) is 21.1. The summed E-state index contributed by atoms with van der Waals surface area (Å²) in [5.41, 5.74) is 10.2. The fourth-order valence-corrected chi connectivity index (χ4v) is 5.58. The van der Waals surface area contributed by atoms with Gasteiger partial charge in [0.05, 0.1) is 30.2 Å². The number of Topliss-reactive ketones (excluding diaryl/α,β-unsaturated/α-hetero) is 1. The molecule has 1 fully saturated rings. The number of carbonyl (C=O) groups excluding carboxylic acids is 2. The zero-order valence-electron chi connectivity index (χ0n) is 27.5. The van der Waals surface area contributed by atoms with E-state index in [1.165, 1.54) is 6.42 Å². The number of benzene rings is 1. The number of ether oxygens (including phenoxy) is 1. The highest BCUT2D eigenvalue weighted by molar-refractivity contribution is 6.39. The number of hydrogen-bond donors (Lipinski definition) is 2. The Labute approximate surface area is 263 Å². The van der Waals surface area contributed by atoms with Crippen LogP contribution in [-0.4, -0.2) is 39.5 Å². The number of allylic oxidation sites excluding steroid dienone is 1. The summed E-state index contributed by atoms with van der Waals surface area (Å²) in [4.78, 5) is 39.6. The molecule has 3 N–H and O–H groups in total. The highest BCUT2D eigenvalue weighted by Gasteiger charge is 2.31. The summed E-state index contributed by atoms with van der Waals surface area (Å²) < 4.78 is 5.61. The molecule has 1 amide bonds. The largest absolute Gasteiger partial charge is 0.496 e. The van der Waals surface area contributed by atoms with Gasteiger partial charge in [-0.1, -0.05) is 45.3 Å². The van der Waals surface area contributed by atoms with Crippen molar-refractivity contribution in [2.75, 3.05) is 7.11 Å². The van der Waals surface area contributed by atoms with Crippen molar-refractivity contribution in [1.29, 1.82) is 0 Å². The number of hydrogen-bond acceptors (Lipinski definition) is 6. The van der Waals surface area contributed by atoms with E-state index in [0.29, 0.717) is 17.5 Å². The maximum Gasteiger partial charge on any atom is 0.220 e. The first-order valence-electron chi connectivity index (χ1n) is 16.1. The van der Waals surface area contributed by atoms with Gasteiger partial charge in [0.15, 0.2) is 5.78 Å². The molecule has 3 aromatic rings. The predicted octanol–water partition coefficient (Wildman–Crippen LogP) is 8.08. The van der Waals surface area contributed by atoms with E-state index in [1.807, 2.05) is 38.3 Å². The van der Waals surface area contributed by atoms with Gasteiger partial charge in [-0.3, -0.25) is 19.6 Å². The zero-order valence-corrected chi connectivity index (χ0v) is 27.5. The highest BCUT2D eigenvalue weighted by Crippen LogP contribution is 2.40. The monoisotopic (exact) mass is 601 g/mol. The number of nitrogens with one attached hydrogen (secondary N) is 1. The standard InChI is InChI=1S/C26H32N4O2.C10H19NO/c1-5-14-27-19(3)24(31)10-8-6-7-9-11-26-28-17-23(30-26)21-15-20-13-12-18(2)29-22(20)16-25(21)32-4;1-3-10(2)6-4-8(5-7-10)9(11)12/h5,12-17H,6-11H2,1-4H3,(H,28,30);8H,3-7H2,1-2H3,(H2,11,12)/b14-5-,27-19?;. The maximum absolute atomic E-state index is 12.0. The summed E-state index contributed by atoms with van der Waals surface area (Å²) in [6.07, 6.45) is 16.4. The number of aryl methyl sites for hydroxylation is 2. The van der Waals surface area contributed by atoms with E-state index in [1.54, 1.807) is 20.2 Å². The molecule has 44 heavy (non-hydrogen) atoms. The minimum atomic E-state index is -0.104. The lowest BCUT2D eigenvalue weighted by Crippen LogP contribution is -2.31. The Morgan fingerprint density at radius 2 is 1.89 bits per heavy atom. The number of aromatic amines is 1. The van der Waals surface area contributed by atoms with Crippen molar-refractivity contribution in [1.82, 2.24) is 15.0 Å². The third-order valence-electron chi connectivity index (χ3n) is 8.91. The van der Waals surface area contributed by atoms with Gasteiger partial charge in [-0.05, 0) is 76.8 Å². The number of imidazole rings is 1. The van der Waals surface area contributed by atoms with Crippen LogP contribution in [-0.2, 0) is 16.0 Å². The molecule has 0 saturated heterocycles. The Bertz CT molecular complexity index is 1450. The summed E-state index contributed by atoms with van der Waals surface area (Å²) in [6, 6.07) is 8.17. The van der Waals surface area contributed by atoms with Crippen LogP contribution in [0.4, 0.5) is 0 Å². The van der Waals surface area contributed by atoms with Crippen LogP contribution < -0.4 is 10.5 Å². The molecule has 2 heterocycles. The molecular formula is C36H51N5O3. The van der Waals surface area contributed by atoms with Gasteiger partial charge in [0.25, 0.3) is 0 Å². The second-order valence-electron chi connectivity index (χ2n) is 12.3. The number of pyridine rings is 1. The quantitative estimate of drug-likeness (QED) is 0.151. The maximum atomic E-state index is 12.0. The van der Waals surface area contributed by atoms with Crippen LogP contribution >= 0.6 is 0 Å². The Kier molecular flexibility index (Phi) is 13.3. The van der Waals surface area contributed by atoms with Crippen molar-refractivity contribution in [2.24, 2.45) is 22.1 Å². The second kappa shape index (κ2) is 16.9. The molecule has 1 saturated carbocycles. The van der Waals surface area contributed by atoms with Crippen LogP contribution in [0.3, 0.4) is 0 Å². The summed E-state index contributed by atoms with van der Waals surface area (Å²) in [5.74, 6) is 1.93. The number of carbonyl (C=O) groups is 2. The fraction of sp³-hybridized carbons (Fsp3) is 0.528. The Morgan fingerprint density at radius 3 is 2.55 bits per heavy atom. The lowest BCUT2D eigenvalue weighted by Gasteiger charge is -2.35. The van der Waals surface area contributed by atoms with Gasteiger partial charge >= 0.3 is 0 Å². The number of amides is 1. The van der Waals surface area contributed by atoms with Crippen LogP contribution in [0.15, 0.2) is 47.7 Å². The molecular weight excluding hydrogens is 550 g/mol. The predicted molar refractivity (Wildman–Crippen MR) is 180 cm³/mol. The molecule has 4 rings (SSSR count). The van der Waals surface area contributed by atoms with E-state index in [9.17, 15) is 9.59 Å². The van der Waals surface area contributed by atoms with Crippen LogP contribution in [0.25, 0.3) is 22.2 Å². The van der Waals surface area contributed by atoms with Crippen molar-refractivity contribution >= 4 is 28.3 Å². The van der Waals surface area contributed by atoms with Gasteiger partial charge < -0.3 is 15.5 Å². The van der Waals surface area contributed by atoms with Crippen LogP contribution in [0, 0.1) is 18.3 Å². The van der Waals surface area contributed by atoms with Crippen molar-refractivity contribution in [3.8, 4) is 17.0 Å². The van der Waals surface area contributed by atoms with Gasteiger partial charge in [-0.15, -0.1) is 0 Å². The smallest absolute Gasteiger partial charge is 0.220 e. The average Bonchev–Trinajstić information content (AvgIpc) is 3.50. The number of H-pyrrole nitrogens is 1. The van der Waals surface area contributed by atoms with E-state index in [-0.39, 0.29) is 17.6 Å². The van der Waals surface area contributed by atoms with E-state index >= 15 is 0 Å². The third-order valence-corrected chi connectivity index (χ3v) is 8.91. The van der Waals surface area contributed by atoms with E-state index in [4.69, 9.17) is 10.5 Å². The first-order valence-corrected chi connectivity index (χ1v) is 16.1. The van der Waals surface area contributed by atoms with Crippen LogP contribution in [0.2, 0.25) is 0 Å². The molecule has 0 atom stereocenters. The Balaban J connectivity index is 0.000000369. The van der Waals surface area contributed by atoms with E-state index in [2.05, 4.69) is 45.9 Å². The molecule has 0 aliphatic heterocycles. The lowest BCUT2D eigenvalue weighted by molar-refractivity contribution is -0.123. The van der Waals surface area contributed by atoms with Crippen LogP contribution in [0.1, 0.15) is 103 Å². The van der Waals surface area contributed by atoms with Gasteiger partial charge in [0.1, 0.15) is 11.6 Å². The minimum Gasteiger partial charge on any atom is -0.496 e. The fourth-order valence-electron chi connectivity index (χ4n) is 5.58. The number of rotatable bonds is 13. The number of nitrogens with two attached hydrogens (primary N) is 1. The van der Waals surface area contributed by atoms with E-state index < -0.39 is 0 Å². The molecule has 0 unspecified atom stereocenters. The number of unbranched alkanes of at least 4 members (excludes halogenated alkanes) is 3. The highest BCUT2D eigenvalue weighted by atomic mass is 16.5. The van der Waals surface area contributed by atoms with Gasteiger partial charge in [0, 0.05) is 47.7 Å². The zero-order chi connectivity index (χ0) is 32.1. The lowest BCUT2D eigenvalue weighted by atomic mass is 9.70. The second-order valence-corrected chi connectivity index (χ2v) is 12.3. The number of methoxy groups -OCH3 is 1. The molecule has 0 spiro atoms. The SMILES string of the molecule is C/C=C\N=C(C)C(=O)CCCCCCc1ncc(-c2cc3ccc(C)nc3cc2OC)[nH]1.CCC1(C)CCC(C(N)=O)CC1. The molecule has 0 bridgehead atoms. The first kappa shape index (κ1) is 34.7. The molecule has 2 aromatic heterocycles. The summed E-state index contributed by atoms with van der Waals surface area (Å²) >= 11 is 0. The number of aromatic nitrogens is 3. The van der Waals surface area contributed by atoms with Gasteiger partial charge in [-0.25, -0.2) is 4.98 Å². The van der Waals surface area contributed by atoms with Gasteiger partial charge in [-0.2, -0.15) is 0 Å². The molecule has 238 valence electrons. The summed E-state index contributed by atoms with van der Waals surface area (Å²) in [7, 11) is 1.68. The molecule has 1 aromatic carbocycles. The summed E-state index contributed by atoms with van der Waals surface area (Å²) in [5, 5.41) is 1.07. The molecule has 8 nitrogen and oxygen atoms in total. The number of fused-ring (bicyclic) bond motifs is 1. The number of nitrogens with zero attached hydrogens (tertiary/aromatic N) is 3. The van der Waals surface area contributed by atoms with Crippen molar-refractivity contribution < 1.29 is 14.3 Å². The Hall–Kier alpha value is -3.81. The van der Waals surface area contributed by atoms with Crippen molar-refractivity contribution in [2.45, 2.75) is 105 Å². The molecule has 0 radical (unpaired) electrons. The Morgan fingerprint density at radius 1 is 1.16 bits per heavy atom. The third kappa shape index (κ3) is 10.1.